The van der Waals surface area contributed by atoms with Crippen molar-refractivity contribution >= 4 is 30.1 Å². The van der Waals surface area contributed by atoms with Crippen molar-refractivity contribution in [1.82, 2.24) is 5.32 Å². The van der Waals surface area contributed by atoms with Crippen LogP contribution in [0.4, 0.5) is 5.69 Å². The molecule has 16 heavy (non-hydrogen) atoms. The number of anilines is 1. The Morgan fingerprint density at radius 1 is 1.19 bits per heavy atom. The summed E-state index contributed by atoms with van der Waals surface area (Å²) in [7, 11) is 4.10. The van der Waals surface area contributed by atoms with Gasteiger partial charge in [0.25, 0.3) is 0 Å². The summed E-state index contributed by atoms with van der Waals surface area (Å²) in [5.74, 6) is 0. The predicted octanol–water partition coefficient (Wildman–Crippen LogP) is 3.02. The van der Waals surface area contributed by atoms with E-state index in [0.29, 0.717) is 0 Å². The molecule has 0 amide bonds. The lowest BCUT2D eigenvalue weighted by atomic mass is 10.1. The monoisotopic (exact) mass is 256 g/mol. The maximum Gasteiger partial charge on any atom is 0.0798 e. The van der Waals surface area contributed by atoms with E-state index in [1.165, 1.54) is 24.1 Å². The van der Waals surface area contributed by atoms with Crippen molar-refractivity contribution in [2.24, 2.45) is 0 Å². The zero-order valence-electron chi connectivity index (χ0n) is 10.3. The largest absolute Gasteiger partial charge is 0.373 e. The van der Waals surface area contributed by atoms with Crippen LogP contribution in [0.5, 0.6) is 0 Å². The minimum Gasteiger partial charge on any atom is -0.373 e. The van der Waals surface area contributed by atoms with Crippen molar-refractivity contribution in [1.29, 1.82) is 0 Å². The summed E-state index contributed by atoms with van der Waals surface area (Å²) in [5, 5.41) is 3.16. The van der Waals surface area contributed by atoms with Gasteiger partial charge in [0.2, 0.25) is 0 Å². The van der Waals surface area contributed by atoms with E-state index >= 15 is 0 Å². The third-order valence-corrected chi connectivity index (χ3v) is 3.86. The Balaban J connectivity index is 2.53. The van der Waals surface area contributed by atoms with Gasteiger partial charge in [-0.3, -0.25) is 0 Å². The van der Waals surface area contributed by atoms with Crippen molar-refractivity contribution in [2.75, 3.05) is 32.1 Å². The zero-order chi connectivity index (χ0) is 12.1. The van der Waals surface area contributed by atoms with Crippen molar-refractivity contribution in [3.05, 3.63) is 14.6 Å². The van der Waals surface area contributed by atoms with Crippen LogP contribution in [0.3, 0.4) is 0 Å². The number of nitrogens with one attached hydrogen (secondary N) is 1. The first-order valence-electron chi connectivity index (χ1n) is 5.81. The molecule has 0 heterocycles. The summed E-state index contributed by atoms with van der Waals surface area (Å²) < 4.78 is 1.80. The third kappa shape index (κ3) is 2.87. The molecule has 2 nitrogen and oxygen atoms in total. The molecule has 1 N–H and O–H groups in total. The Bertz CT molecular complexity index is 405. The molecular formula is C12H20N2S2. The van der Waals surface area contributed by atoms with Gasteiger partial charge in [0.1, 0.15) is 0 Å². The van der Waals surface area contributed by atoms with Gasteiger partial charge in [0, 0.05) is 13.6 Å². The molecule has 4 heteroatoms. The van der Waals surface area contributed by atoms with Gasteiger partial charge in [0.15, 0.2) is 0 Å². The molecule has 0 aromatic heterocycles. The summed E-state index contributed by atoms with van der Waals surface area (Å²) in [6.07, 6.45) is 3.38. The molecule has 0 radical (unpaired) electrons. The van der Waals surface area contributed by atoms with Gasteiger partial charge in [-0.1, -0.05) is 31.4 Å². The van der Waals surface area contributed by atoms with E-state index in [-0.39, 0.29) is 0 Å². The van der Waals surface area contributed by atoms with Crippen LogP contribution < -0.4 is 10.2 Å². The van der Waals surface area contributed by atoms with Crippen molar-refractivity contribution in [3.8, 4) is 0 Å². The van der Waals surface area contributed by atoms with E-state index in [2.05, 4.69) is 24.2 Å². The van der Waals surface area contributed by atoms with Crippen LogP contribution in [-0.4, -0.2) is 27.2 Å². The van der Waals surface area contributed by atoms with Gasteiger partial charge >= 0.3 is 0 Å². The predicted molar refractivity (Wildman–Crippen MR) is 76.3 cm³/mol. The van der Waals surface area contributed by atoms with E-state index in [9.17, 15) is 0 Å². The second-order valence-corrected chi connectivity index (χ2v) is 4.89. The molecule has 1 rings (SSSR count). The molecule has 0 saturated carbocycles. The smallest absolute Gasteiger partial charge is 0.0798 e. The minimum absolute atomic E-state index is 0.892. The summed E-state index contributed by atoms with van der Waals surface area (Å²) in [4.78, 5) is 2.26. The van der Waals surface area contributed by atoms with E-state index < -0.39 is 0 Å². The Morgan fingerprint density at radius 2 is 1.88 bits per heavy atom. The average molecular weight is 256 g/mol. The summed E-state index contributed by atoms with van der Waals surface area (Å²) in [6, 6.07) is 0. The second kappa shape index (κ2) is 6.42. The maximum atomic E-state index is 5.30. The van der Waals surface area contributed by atoms with Gasteiger partial charge in [-0.15, -0.1) is 0 Å². The molecule has 0 bridgehead atoms. The number of hydrogen-bond acceptors (Lipinski definition) is 4. The van der Waals surface area contributed by atoms with Gasteiger partial charge < -0.3 is 10.2 Å². The van der Waals surface area contributed by atoms with Gasteiger partial charge in [-0.25, -0.2) is 0 Å². The fourth-order valence-corrected chi connectivity index (χ4v) is 2.66. The van der Waals surface area contributed by atoms with Crippen LogP contribution in [0.15, 0.2) is 0 Å². The Morgan fingerprint density at radius 3 is 2.44 bits per heavy atom. The van der Waals surface area contributed by atoms with Crippen LogP contribution in [0.25, 0.3) is 0 Å². The molecule has 0 saturated heterocycles. The first-order chi connectivity index (χ1) is 7.63. The highest BCUT2D eigenvalue weighted by Crippen LogP contribution is 2.30. The lowest BCUT2D eigenvalue weighted by Gasteiger charge is -2.25. The van der Waals surface area contributed by atoms with Gasteiger partial charge in [-0.2, -0.15) is 0 Å². The highest BCUT2D eigenvalue weighted by Gasteiger charge is 2.15. The highest BCUT2D eigenvalue weighted by atomic mass is 32.1. The van der Waals surface area contributed by atoms with Crippen LogP contribution in [-0.2, 0) is 6.42 Å². The first-order valence-corrected chi connectivity index (χ1v) is 6.63. The van der Waals surface area contributed by atoms with E-state index in [1.54, 1.807) is 0 Å². The molecule has 0 aliphatic carbocycles. The second-order valence-electron chi connectivity index (χ2n) is 4.07. The van der Waals surface area contributed by atoms with E-state index in [1.807, 2.05) is 7.05 Å². The summed E-state index contributed by atoms with van der Waals surface area (Å²) >= 11 is 10.5. The normalized spacial score (nSPS) is 10.9. The van der Waals surface area contributed by atoms with E-state index in [0.717, 1.165) is 28.5 Å². The zero-order valence-corrected chi connectivity index (χ0v) is 11.9. The van der Waals surface area contributed by atoms with Crippen LogP contribution in [0.1, 0.15) is 25.3 Å². The molecule has 0 aliphatic rings. The number of hydrogen-bond donors (Lipinski definition) is 1. The minimum atomic E-state index is 0.892. The molecular weight excluding hydrogens is 236 g/mol. The van der Waals surface area contributed by atoms with Crippen molar-refractivity contribution in [2.45, 2.75) is 26.2 Å². The molecule has 0 atom stereocenters. The van der Waals surface area contributed by atoms with Crippen molar-refractivity contribution < 1.29 is 0 Å². The quantitative estimate of drug-likeness (QED) is 0.595. The Labute approximate surface area is 108 Å². The van der Waals surface area contributed by atoms with Crippen LogP contribution in [0, 0.1) is 9.02 Å². The third-order valence-electron chi connectivity index (χ3n) is 2.89. The molecule has 1 aromatic rings. The standard InChI is InChI=1S/C12H20N2S2/c1-4-9-10(12(16)11(9)15)14(3)8-6-5-7-13-2/h13H,4-8H2,1-3H3. The summed E-state index contributed by atoms with van der Waals surface area (Å²) in [5.41, 5.74) is 2.49. The molecule has 0 aliphatic heterocycles. The molecule has 0 fully saturated rings. The molecule has 1 aromatic carbocycles. The number of nitrogens with zero attached hydrogens (tertiary/aromatic N) is 1. The molecule has 0 spiro atoms. The fraction of sp³-hybridized carbons (Fsp3) is 0.667. The lowest BCUT2D eigenvalue weighted by molar-refractivity contribution is 0.669. The van der Waals surface area contributed by atoms with E-state index in [4.69, 9.17) is 24.4 Å². The number of rotatable bonds is 7. The van der Waals surface area contributed by atoms with Crippen LogP contribution in [0.2, 0.25) is 0 Å². The van der Waals surface area contributed by atoms with Crippen LogP contribution >= 0.6 is 24.4 Å². The lowest BCUT2D eigenvalue weighted by Crippen LogP contribution is -2.23. The molecule has 0 unspecified atom stereocenters. The highest BCUT2D eigenvalue weighted by molar-refractivity contribution is 7.74. The topological polar surface area (TPSA) is 15.3 Å². The summed E-state index contributed by atoms with van der Waals surface area (Å²) in [6.45, 7) is 4.28. The van der Waals surface area contributed by atoms with Crippen molar-refractivity contribution in [3.63, 3.8) is 0 Å². The Kier molecular flexibility index (Phi) is 5.52. The first kappa shape index (κ1) is 13.7. The maximum absolute atomic E-state index is 5.30. The SMILES string of the molecule is CCc1c(N(C)CCCCNC)c(=S)c1=S. The van der Waals surface area contributed by atoms with Gasteiger partial charge in [0.05, 0.1) is 14.7 Å². The number of unbranched alkanes of at least 4 members (excludes halogenated alkanes) is 1. The average Bonchev–Trinajstić information content (AvgIpc) is 2.29. The van der Waals surface area contributed by atoms with Gasteiger partial charge in [-0.05, 0) is 38.4 Å². The molecule has 90 valence electrons. The fourth-order valence-electron chi connectivity index (χ4n) is 1.92. The Hall–Kier alpha value is -0.320.